The molecular formula is C15H15N3OS2. The number of benzene rings is 1. The van der Waals surface area contributed by atoms with Crippen molar-refractivity contribution in [1.29, 1.82) is 0 Å². The molecule has 21 heavy (non-hydrogen) atoms. The molecule has 4 nitrogen and oxygen atoms in total. The lowest BCUT2D eigenvalue weighted by Gasteiger charge is -2.14. The zero-order valence-electron chi connectivity index (χ0n) is 12.0. The van der Waals surface area contributed by atoms with Crippen molar-refractivity contribution in [1.82, 2.24) is 9.97 Å². The van der Waals surface area contributed by atoms with Crippen LogP contribution >= 0.6 is 22.7 Å². The maximum absolute atomic E-state index is 12.3. The predicted octanol–water partition coefficient (Wildman–Crippen LogP) is 4.30. The largest absolute Gasteiger partial charge is 0.298 e. The van der Waals surface area contributed by atoms with Gasteiger partial charge in [0.25, 0.3) is 5.91 Å². The van der Waals surface area contributed by atoms with E-state index >= 15 is 0 Å². The average molecular weight is 317 g/mol. The summed E-state index contributed by atoms with van der Waals surface area (Å²) < 4.78 is 1.01. The lowest BCUT2D eigenvalue weighted by atomic mass is 9.93. The van der Waals surface area contributed by atoms with Gasteiger partial charge in [-0.2, -0.15) is 0 Å². The molecule has 2 heterocycles. The molecule has 2 aromatic heterocycles. The van der Waals surface area contributed by atoms with Crippen LogP contribution in [0, 0.1) is 0 Å². The van der Waals surface area contributed by atoms with Crippen molar-refractivity contribution in [3.05, 3.63) is 40.3 Å². The number of nitrogens with one attached hydrogen (secondary N) is 1. The van der Waals surface area contributed by atoms with Crippen molar-refractivity contribution in [2.24, 2.45) is 0 Å². The first kappa shape index (κ1) is 14.2. The van der Waals surface area contributed by atoms with Crippen molar-refractivity contribution < 1.29 is 4.79 Å². The van der Waals surface area contributed by atoms with Crippen molar-refractivity contribution in [2.75, 3.05) is 5.32 Å². The second-order valence-electron chi connectivity index (χ2n) is 5.78. The Morgan fingerprint density at radius 3 is 2.76 bits per heavy atom. The van der Waals surface area contributed by atoms with E-state index in [9.17, 15) is 4.79 Å². The number of aromatic nitrogens is 2. The van der Waals surface area contributed by atoms with Crippen molar-refractivity contribution in [3.63, 3.8) is 0 Å². The molecule has 0 aliphatic carbocycles. The van der Waals surface area contributed by atoms with Gasteiger partial charge in [0.15, 0.2) is 5.13 Å². The van der Waals surface area contributed by atoms with Crippen LogP contribution in [0.3, 0.4) is 0 Å². The van der Waals surface area contributed by atoms with Gasteiger partial charge in [-0.25, -0.2) is 9.97 Å². The zero-order valence-corrected chi connectivity index (χ0v) is 13.6. The summed E-state index contributed by atoms with van der Waals surface area (Å²) in [4.78, 5) is 21.0. The third kappa shape index (κ3) is 2.96. The summed E-state index contributed by atoms with van der Waals surface area (Å²) in [6, 6.07) is 5.51. The number of thiazole rings is 2. The molecule has 0 fully saturated rings. The highest BCUT2D eigenvalue weighted by molar-refractivity contribution is 7.16. The fourth-order valence-electron chi connectivity index (χ4n) is 1.84. The van der Waals surface area contributed by atoms with Gasteiger partial charge in [0.1, 0.15) is 0 Å². The van der Waals surface area contributed by atoms with Crippen LogP contribution in [0.2, 0.25) is 0 Å². The van der Waals surface area contributed by atoms with Gasteiger partial charge in [-0.1, -0.05) is 20.8 Å². The number of amides is 1. The van der Waals surface area contributed by atoms with Crippen molar-refractivity contribution in [3.8, 4) is 0 Å². The van der Waals surface area contributed by atoms with Crippen LogP contribution in [-0.2, 0) is 5.41 Å². The van der Waals surface area contributed by atoms with Crippen LogP contribution in [0.15, 0.2) is 29.1 Å². The highest BCUT2D eigenvalue weighted by atomic mass is 32.1. The maximum atomic E-state index is 12.3. The summed E-state index contributed by atoms with van der Waals surface area (Å²) in [5.74, 6) is -0.139. The molecule has 0 bridgehead atoms. The van der Waals surface area contributed by atoms with Gasteiger partial charge in [-0.05, 0) is 18.2 Å². The number of anilines is 1. The minimum Gasteiger partial charge on any atom is -0.298 e. The molecule has 3 aromatic rings. The molecule has 0 saturated carbocycles. The molecule has 1 amide bonds. The van der Waals surface area contributed by atoms with Crippen molar-refractivity contribution in [2.45, 2.75) is 26.2 Å². The van der Waals surface area contributed by atoms with E-state index in [1.807, 2.05) is 17.5 Å². The Morgan fingerprint density at radius 2 is 2.05 bits per heavy atom. The van der Waals surface area contributed by atoms with Gasteiger partial charge in [0, 0.05) is 16.4 Å². The fraction of sp³-hybridized carbons (Fsp3) is 0.267. The smallest absolute Gasteiger partial charge is 0.257 e. The van der Waals surface area contributed by atoms with E-state index in [0.717, 1.165) is 15.9 Å². The number of hydrogen-bond donors (Lipinski definition) is 1. The van der Waals surface area contributed by atoms with Crippen LogP contribution in [0.1, 0.15) is 36.8 Å². The van der Waals surface area contributed by atoms with Gasteiger partial charge in [0.05, 0.1) is 21.4 Å². The third-order valence-electron chi connectivity index (χ3n) is 3.09. The first-order valence-electron chi connectivity index (χ1n) is 6.54. The molecule has 1 aromatic carbocycles. The summed E-state index contributed by atoms with van der Waals surface area (Å²) in [5, 5.41) is 5.48. The standard InChI is InChI=1S/C15H15N3OS2/c1-15(2,3)12-7-20-14(17-12)18-13(19)9-4-5-10-11(6-9)21-8-16-10/h4-8H,1-3H3,(H,17,18,19). The van der Waals surface area contributed by atoms with E-state index in [4.69, 9.17) is 0 Å². The lowest BCUT2D eigenvalue weighted by Crippen LogP contribution is -2.14. The molecule has 0 saturated heterocycles. The average Bonchev–Trinajstić information content (AvgIpc) is 3.04. The second-order valence-corrected chi connectivity index (χ2v) is 7.52. The fourth-order valence-corrected chi connectivity index (χ4v) is 3.49. The van der Waals surface area contributed by atoms with Crippen LogP contribution < -0.4 is 5.32 Å². The first-order valence-corrected chi connectivity index (χ1v) is 8.30. The topological polar surface area (TPSA) is 54.9 Å². The number of nitrogens with zero attached hydrogens (tertiary/aromatic N) is 2. The molecule has 0 radical (unpaired) electrons. The van der Waals surface area contributed by atoms with E-state index in [0.29, 0.717) is 10.7 Å². The number of rotatable bonds is 2. The SMILES string of the molecule is CC(C)(C)c1csc(NC(=O)c2ccc3ncsc3c2)n1. The Labute approximate surface area is 130 Å². The molecule has 6 heteroatoms. The van der Waals surface area contributed by atoms with Gasteiger partial charge >= 0.3 is 0 Å². The number of carbonyl (C=O) groups excluding carboxylic acids is 1. The molecular weight excluding hydrogens is 302 g/mol. The Balaban J connectivity index is 1.81. The number of carbonyl (C=O) groups is 1. The molecule has 0 aliphatic rings. The van der Waals surface area contributed by atoms with E-state index in [-0.39, 0.29) is 11.3 Å². The van der Waals surface area contributed by atoms with E-state index in [1.165, 1.54) is 22.7 Å². The minimum absolute atomic E-state index is 0.0129. The number of hydrogen-bond acceptors (Lipinski definition) is 5. The Morgan fingerprint density at radius 1 is 1.24 bits per heavy atom. The Kier molecular flexibility index (Phi) is 3.51. The summed E-state index contributed by atoms with van der Waals surface area (Å²) in [7, 11) is 0. The first-order chi connectivity index (χ1) is 9.93. The molecule has 0 atom stereocenters. The molecule has 0 spiro atoms. The summed E-state index contributed by atoms with van der Waals surface area (Å²) in [6.07, 6.45) is 0. The molecule has 108 valence electrons. The monoisotopic (exact) mass is 317 g/mol. The highest BCUT2D eigenvalue weighted by Crippen LogP contribution is 2.27. The van der Waals surface area contributed by atoms with Crippen LogP contribution in [0.5, 0.6) is 0 Å². The summed E-state index contributed by atoms with van der Waals surface area (Å²) >= 11 is 2.98. The molecule has 0 unspecified atom stereocenters. The van der Waals surface area contributed by atoms with Gasteiger partial charge in [-0.15, -0.1) is 22.7 Å². The van der Waals surface area contributed by atoms with Crippen LogP contribution in [0.4, 0.5) is 5.13 Å². The number of fused-ring (bicyclic) bond motifs is 1. The van der Waals surface area contributed by atoms with Crippen LogP contribution in [0.25, 0.3) is 10.2 Å². The van der Waals surface area contributed by atoms with Gasteiger partial charge in [0.2, 0.25) is 0 Å². The summed E-state index contributed by atoms with van der Waals surface area (Å²) in [6.45, 7) is 6.31. The molecule has 3 rings (SSSR count). The van der Waals surface area contributed by atoms with Gasteiger partial charge in [-0.3, -0.25) is 10.1 Å². The van der Waals surface area contributed by atoms with Gasteiger partial charge < -0.3 is 0 Å². The highest BCUT2D eigenvalue weighted by Gasteiger charge is 2.18. The quantitative estimate of drug-likeness (QED) is 0.766. The Bertz CT molecular complexity index is 798. The molecule has 1 N–H and O–H groups in total. The van der Waals surface area contributed by atoms with E-state index in [2.05, 4.69) is 36.1 Å². The third-order valence-corrected chi connectivity index (χ3v) is 4.64. The predicted molar refractivity (Wildman–Crippen MR) is 88.4 cm³/mol. The normalized spacial score (nSPS) is 11.8. The minimum atomic E-state index is -0.139. The van der Waals surface area contributed by atoms with E-state index < -0.39 is 0 Å². The van der Waals surface area contributed by atoms with E-state index in [1.54, 1.807) is 11.6 Å². The summed E-state index contributed by atoms with van der Waals surface area (Å²) in [5.41, 5.74) is 4.30. The van der Waals surface area contributed by atoms with Crippen molar-refractivity contribution >= 4 is 43.9 Å². The lowest BCUT2D eigenvalue weighted by molar-refractivity contribution is 0.102. The zero-order chi connectivity index (χ0) is 15.0. The molecule has 0 aliphatic heterocycles. The second kappa shape index (κ2) is 5.20. The van der Waals surface area contributed by atoms with Crippen LogP contribution in [-0.4, -0.2) is 15.9 Å². The maximum Gasteiger partial charge on any atom is 0.257 e. The Hall–Kier alpha value is -1.79.